The summed E-state index contributed by atoms with van der Waals surface area (Å²) in [6, 6.07) is 52.1. The zero-order chi connectivity index (χ0) is 48.1. The predicted molar refractivity (Wildman–Crippen MR) is 290 cm³/mol. The smallest absolute Gasteiger partial charge is 0.216 e. The molecule has 0 atom stereocenters. The molecule has 353 valence electrons. The van der Waals surface area contributed by atoms with Crippen LogP contribution < -0.4 is 5.19 Å². The SMILES string of the molecule is CC(C)c1cc(-c2ccccc2)ccc1-n1c(-c2[c-]ccc3c2oc2nc(CC(C)(C)C)ccc23)nc2ccc3ccccc3c21.Cc1c[c-]c(-c2cc(CC(C)C)c([Si](C)(C)C)cn2)c(C)c1.[Ir]. The predicted octanol–water partition coefficient (Wildman–Crippen LogP) is 16.2. The van der Waals surface area contributed by atoms with E-state index in [1.807, 2.05) is 6.07 Å². The number of nitrogens with zero attached hydrogens (tertiary/aromatic N) is 4. The van der Waals surface area contributed by atoms with Crippen molar-refractivity contribution < 1.29 is 24.5 Å². The molecule has 0 aliphatic heterocycles. The van der Waals surface area contributed by atoms with Crippen LogP contribution in [0.2, 0.25) is 19.6 Å². The molecular weight excluding hydrogens is 1040 g/mol. The van der Waals surface area contributed by atoms with E-state index in [4.69, 9.17) is 19.4 Å². The van der Waals surface area contributed by atoms with E-state index < -0.39 is 8.07 Å². The Hall–Kier alpha value is -5.98. The van der Waals surface area contributed by atoms with Crippen molar-refractivity contribution in [3.05, 3.63) is 174 Å². The molecule has 1 radical (unpaired) electrons. The van der Waals surface area contributed by atoms with Crippen LogP contribution in [0.15, 0.2) is 138 Å². The van der Waals surface area contributed by atoms with Gasteiger partial charge in [-0.2, -0.15) is 0 Å². The average Bonchev–Trinajstić information content (AvgIpc) is 3.87. The Balaban J connectivity index is 0.000000236. The second kappa shape index (κ2) is 19.8. The number of aryl methyl sites for hydroxylation is 2. The van der Waals surface area contributed by atoms with Crippen LogP contribution in [0, 0.1) is 37.3 Å². The molecule has 7 heteroatoms. The molecule has 0 aliphatic rings. The molecule has 0 aliphatic carbocycles. The van der Waals surface area contributed by atoms with E-state index in [1.54, 1.807) is 0 Å². The van der Waals surface area contributed by atoms with Gasteiger partial charge in [0.15, 0.2) is 0 Å². The van der Waals surface area contributed by atoms with Crippen LogP contribution in [-0.2, 0) is 32.9 Å². The van der Waals surface area contributed by atoms with Crippen molar-refractivity contribution in [2.75, 3.05) is 0 Å². The normalized spacial score (nSPS) is 12.0. The summed E-state index contributed by atoms with van der Waals surface area (Å²) in [7, 11) is -1.36. The Morgan fingerprint density at radius 1 is 0.725 bits per heavy atom. The van der Waals surface area contributed by atoms with Crippen LogP contribution in [0.3, 0.4) is 0 Å². The van der Waals surface area contributed by atoms with Crippen molar-refractivity contribution in [2.24, 2.45) is 11.3 Å². The third-order valence-electron chi connectivity index (χ3n) is 12.8. The van der Waals surface area contributed by atoms with Crippen molar-refractivity contribution in [1.82, 2.24) is 19.5 Å². The van der Waals surface area contributed by atoms with Gasteiger partial charge in [0.05, 0.1) is 30.5 Å². The summed E-state index contributed by atoms with van der Waals surface area (Å²) in [5, 5.41) is 5.86. The maximum atomic E-state index is 6.63. The zero-order valence-electron chi connectivity index (χ0n) is 42.3. The summed E-state index contributed by atoms with van der Waals surface area (Å²) >= 11 is 0. The molecule has 0 amide bonds. The monoisotopic (exact) mass is 1100 g/mol. The molecule has 0 saturated heterocycles. The molecule has 6 aromatic carbocycles. The Morgan fingerprint density at radius 2 is 1.48 bits per heavy atom. The largest absolute Gasteiger partial charge is 0.486 e. The molecule has 10 aromatic rings. The molecule has 4 aromatic heterocycles. The van der Waals surface area contributed by atoms with E-state index in [0.29, 0.717) is 11.6 Å². The second-order valence-electron chi connectivity index (χ2n) is 21.6. The van der Waals surface area contributed by atoms with Crippen LogP contribution in [0.5, 0.6) is 0 Å². The molecular formula is C62H64IrN4OSi-2. The molecule has 0 fully saturated rings. The molecule has 0 saturated carbocycles. The van der Waals surface area contributed by atoms with E-state index in [2.05, 4.69) is 226 Å². The minimum Gasteiger partial charge on any atom is -0.486 e. The zero-order valence-corrected chi connectivity index (χ0v) is 45.7. The maximum absolute atomic E-state index is 6.63. The van der Waals surface area contributed by atoms with Crippen LogP contribution in [0.4, 0.5) is 0 Å². The minimum absolute atomic E-state index is 0. The summed E-state index contributed by atoms with van der Waals surface area (Å²) < 4.78 is 8.96. The first-order valence-electron chi connectivity index (χ1n) is 24.3. The summed E-state index contributed by atoms with van der Waals surface area (Å²) in [5.41, 5.74) is 16.4. The number of hydrogen-bond acceptors (Lipinski definition) is 4. The van der Waals surface area contributed by atoms with Crippen LogP contribution in [0.1, 0.15) is 82.3 Å². The Labute approximate surface area is 423 Å². The summed E-state index contributed by atoms with van der Waals surface area (Å²) in [6.45, 7) is 27.3. The van der Waals surface area contributed by atoms with Gasteiger partial charge in [-0.05, 0) is 93.4 Å². The number of fused-ring (bicyclic) bond motifs is 6. The van der Waals surface area contributed by atoms with Crippen LogP contribution in [0.25, 0.3) is 83.3 Å². The quantitative estimate of drug-likeness (QED) is 0.107. The van der Waals surface area contributed by atoms with Crippen molar-refractivity contribution in [1.29, 1.82) is 0 Å². The van der Waals surface area contributed by atoms with Crippen molar-refractivity contribution in [3.63, 3.8) is 0 Å². The summed E-state index contributed by atoms with van der Waals surface area (Å²) in [6.07, 6.45) is 4.13. The molecule has 69 heavy (non-hydrogen) atoms. The van der Waals surface area contributed by atoms with E-state index in [1.165, 1.54) is 44.0 Å². The number of aromatic nitrogens is 4. The number of rotatable bonds is 9. The number of imidazole rings is 1. The van der Waals surface area contributed by atoms with Gasteiger partial charge in [0.25, 0.3) is 0 Å². The number of benzene rings is 6. The summed E-state index contributed by atoms with van der Waals surface area (Å²) in [5.74, 6) is 1.74. The first-order valence-corrected chi connectivity index (χ1v) is 27.8. The first-order chi connectivity index (χ1) is 32.4. The Bertz CT molecular complexity index is 3460. The fourth-order valence-electron chi connectivity index (χ4n) is 9.69. The van der Waals surface area contributed by atoms with Gasteiger partial charge in [-0.25, -0.2) is 4.98 Å². The van der Waals surface area contributed by atoms with Gasteiger partial charge < -0.3 is 14.0 Å². The average molecular weight is 1100 g/mol. The first kappa shape index (κ1) is 49.4. The van der Waals surface area contributed by atoms with Gasteiger partial charge >= 0.3 is 0 Å². The topological polar surface area (TPSA) is 56.7 Å². The molecule has 10 rings (SSSR count). The van der Waals surface area contributed by atoms with Gasteiger partial charge in [-0.1, -0.05) is 171 Å². The van der Waals surface area contributed by atoms with Gasteiger partial charge in [0.1, 0.15) is 0 Å². The molecule has 0 N–H and O–H groups in total. The van der Waals surface area contributed by atoms with Crippen molar-refractivity contribution in [3.8, 4) is 39.5 Å². The van der Waals surface area contributed by atoms with Crippen LogP contribution >= 0.6 is 0 Å². The number of pyridine rings is 2. The summed E-state index contributed by atoms with van der Waals surface area (Å²) in [4.78, 5) is 15.1. The maximum Gasteiger partial charge on any atom is 0.216 e. The molecule has 0 spiro atoms. The molecule has 0 bridgehead atoms. The fourth-order valence-corrected chi connectivity index (χ4v) is 11.3. The molecule has 4 heterocycles. The van der Waals surface area contributed by atoms with Gasteiger partial charge in [0, 0.05) is 48.5 Å². The van der Waals surface area contributed by atoms with Gasteiger partial charge in [-0.3, -0.25) is 4.98 Å². The van der Waals surface area contributed by atoms with Crippen molar-refractivity contribution in [2.45, 2.75) is 101 Å². The standard InChI is InChI=1S/C42H36N3O.C20H28NSi.Ir/c1-26(2)35-24-29(27-12-7-6-8-13-27)19-23-37(35)45-38-31-15-10-9-14-28(31)18-22-36(38)44-40(45)34-17-11-16-32-33-21-20-30(25-42(3,4)5)43-41(33)46-39(32)34;1-14(2)10-17-12-19(21-13-20(17)22(5,6)7)18-9-8-15(3)11-16(18)4;/h6-16,18-24,26H,25H2,1-5H3;8,11-14H,10H2,1-7H3;/q2*-1;. The van der Waals surface area contributed by atoms with E-state index in [9.17, 15) is 0 Å². The van der Waals surface area contributed by atoms with Crippen molar-refractivity contribution >= 4 is 57.1 Å². The fraction of sp³-hybridized carbons (Fsp3) is 0.274. The van der Waals surface area contributed by atoms with E-state index in [-0.39, 0.29) is 31.4 Å². The van der Waals surface area contributed by atoms with Gasteiger partial charge in [-0.15, -0.1) is 53.1 Å². The van der Waals surface area contributed by atoms with E-state index >= 15 is 0 Å². The Morgan fingerprint density at radius 3 is 2.19 bits per heavy atom. The van der Waals surface area contributed by atoms with E-state index in [0.717, 1.165) is 79.6 Å². The van der Waals surface area contributed by atoms with Crippen LogP contribution in [-0.4, -0.2) is 27.6 Å². The second-order valence-corrected chi connectivity index (χ2v) is 26.7. The molecule has 5 nitrogen and oxygen atoms in total. The third-order valence-corrected chi connectivity index (χ3v) is 14.9. The third kappa shape index (κ3) is 10.3. The minimum atomic E-state index is -1.36. The number of hydrogen-bond donors (Lipinski definition) is 0. The number of furan rings is 1. The Kier molecular flexibility index (Phi) is 14.2. The molecule has 0 unspecified atom stereocenters. The van der Waals surface area contributed by atoms with Gasteiger partial charge in [0.2, 0.25) is 5.71 Å².